The maximum absolute atomic E-state index is 13.5. The van der Waals surface area contributed by atoms with Crippen molar-refractivity contribution in [2.24, 2.45) is 0 Å². The van der Waals surface area contributed by atoms with Crippen LogP contribution in [0.5, 0.6) is 0 Å². The fourth-order valence-corrected chi connectivity index (χ4v) is 3.34. The van der Waals surface area contributed by atoms with Crippen molar-refractivity contribution in [1.82, 2.24) is 5.32 Å². The molecule has 0 spiro atoms. The summed E-state index contributed by atoms with van der Waals surface area (Å²) in [5.41, 5.74) is 4.48. The molecule has 2 aromatic rings. The lowest BCUT2D eigenvalue weighted by Crippen LogP contribution is -2.24. The molecule has 112 valence electrons. The van der Waals surface area contributed by atoms with Crippen molar-refractivity contribution >= 4 is 15.9 Å². The Bertz CT molecular complexity index is 601. The minimum absolute atomic E-state index is 0.161. The van der Waals surface area contributed by atoms with Crippen LogP contribution in [0.25, 0.3) is 0 Å². The molecule has 0 fully saturated rings. The maximum Gasteiger partial charge on any atom is 0.123 e. The summed E-state index contributed by atoms with van der Waals surface area (Å²) in [6.07, 6.45) is 0.889. The Balaban J connectivity index is 2.35. The smallest absolute Gasteiger partial charge is 0.123 e. The summed E-state index contributed by atoms with van der Waals surface area (Å²) in [6.45, 7) is 6.95. The predicted molar refractivity (Wildman–Crippen MR) is 90.1 cm³/mol. The molecule has 0 bridgehead atoms. The van der Waals surface area contributed by atoms with Crippen LogP contribution in [0.3, 0.4) is 0 Å². The summed E-state index contributed by atoms with van der Waals surface area (Å²) < 4.78 is 14.6. The zero-order valence-corrected chi connectivity index (χ0v) is 14.3. The fraction of sp³-hybridized carbons (Fsp3) is 0.333. The van der Waals surface area contributed by atoms with Gasteiger partial charge >= 0.3 is 0 Å². The summed E-state index contributed by atoms with van der Waals surface area (Å²) >= 11 is 3.52. The van der Waals surface area contributed by atoms with E-state index in [1.807, 2.05) is 26.0 Å². The fourth-order valence-electron chi connectivity index (χ4n) is 2.89. The molecule has 0 heterocycles. The van der Waals surface area contributed by atoms with Gasteiger partial charge in [-0.1, -0.05) is 35.0 Å². The SMILES string of the molecule is CCNC(Cc1cccc(Br)c1)c1c(C)cc(F)cc1C. The molecule has 21 heavy (non-hydrogen) atoms. The van der Waals surface area contributed by atoms with Crippen molar-refractivity contribution in [2.75, 3.05) is 6.54 Å². The molecule has 0 amide bonds. The number of halogens is 2. The number of aryl methyl sites for hydroxylation is 2. The number of benzene rings is 2. The van der Waals surface area contributed by atoms with E-state index >= 15 is 0 Å². The second-order valence-electron chi connectivity index (χ2n) is 5.40. The predicted octanol–water partition coefficient (Wildman–Crippen LogP) is 5.10. The van der Waals surface area contributed by atoms with E-state index < -0.39 is 0 Å². The minimum Gasteiger partial charge on any atom is -0.310 e. The number of hydrogen-bond donors (Lipinski definition) is 1. The average Bonchev–Trinajstić information content (AvgIpc) is 2.37. The Labute approximate surface area is 134 Å². The summed E-state index contributed by atoms with van der Waals surface area (Å²) in [5.74, 6) is -0.161. The molecular weight excluding hydrogens is 329 g/mol. The second kappa shape index (κ2) is 7.19. The highest BCUT2D eigenvalue weighted by atomic mass is 79.9. The van der Waals surface area contributed by atoms with Crippen molar-refractivity contribution in [2.45, 2.75) is 33.2 Å². The molecule has 1 N–H and O–H groups in total. The zero-order valence-electron chi connectivity index (χ0n) is 12.7. The van der Waals surface area contributed by atoms with Crippen LogP contribution in [-0.2, 0) is 6.42 Å². The molecule has 1 nitrogen and oxygen atoms in total. The van der Waals surface area contributed by atoms with Gasteiger partial charge in [-0.25, -0.2) is 4.39 Å². The van der Waals surface area contributed by atoms with Crippen LogP contribution in [0.4, 0.5) is 4.39 Å². The van der Waals surface area contributed by atoms with Crippen LogP contribution < -0.4 is 5.32 Å². The van der Waals surface area contributed by atoms with Crippen LogP contribution in [0.1, 0.15) is 35.2 Å². The Morgan fingerprint density at radius 1 is 1.14 bits per heavy atom. The van der Waals surface area contributed by atoms with Gasteiger partial charge in [-0.15, -0.1) is 0 Å². The molecule has 0 saturated heterocycles. The Kier molecular flexibility index (Phi) is 5.54. The van der Waals surface area contributed by atoms with Gasteiger partial charge in [0.1, 0.15) is 5.82 Å². The van der Waals surface area contributed by atoms with Gasteiger partial charge < -0.3 is 5.32 Å². The maximum atomic E-state index is 13.5. The van der Waals surface area contributed by atoms with Gasteiger partial charge in [0.25, 0.3) is 0 Å². The van der Waals surface area contributed by atoms with Crippen LogP contribution >= 0.6 is 15.9 Å². The highest BCUT2D eigenvalue weighted by molar-refractivity contribution is 9.10. The van der Waals surface area contributed by atoms with Crippen LogP contribution in [0.15, 0.2) is 40.9 Å². The van der Waals surface area contributed by atoms with Crippen molar-refractivity contribution in [3.05, 3.63) is 68.9 Å². The number of hydrogen-bond acceptors (Lipinski definition) is 1. The first-order valence-electron chi connectivity index (χ1n) is 7.25. The van der Waals surface area contributed by atoms with Crippen molar-refractivity contribution in [3.63, 3.8) is 0 Å². The average molecular weight is 350 g/mol. The molecule has 0 aliphatic heterocycles. The van der Waals surface area contributed by atoms with Gasteiger partial charge in [-0.05, 0) is 73.3 Å². The molecule has 2 aromatic carbocycles. The lowest BCUT2D eigenvalue weighted by Gasteiger charge is -2.23. The van der Waals surface area contributed by atoms with E-state index in [1.54, 1.807) is 12.1 Å². The van der Waals surface area contributed by atoms with Gasteiger partial charge in [0.15, 0.2) is 0 Å². The van der Waals surface area contributed by atoms with E-state index in [9.17, 15) is 4.39 Å². The first kappa shape index (κ1) is 16.2. The van der Waals surface area contributed by atoms with E-state index in [4.69, 9.17) is 0 Å². The monoisotopic (exact) mass is 349 g/mol. The topological polar surface area (TPSA) is 12.0 Å². The third-order valence-corrected chi connectivity index (χ3v) is 4.18. The Hall–Kier alpha value is -1.19. The van der Waals surface area contributed by atoms with Gasteiger partial charge in [-0.2, -0.15) is 0 Å². The van der Waals surface area contributed by atoms with E-state index in [1.165, 1.54) is 11.1 Å². The second-order valence-corrected chi connectivity index (χ2v) is 6.31. The standard InChI is InChI=1S/C18H21BrFN/c1-4-21-17(11-14-6-5-7-15(19)10-14)18-12(2)8-16(20)9-13(18)3/h5-10,17,21H,4,11H2,1-3H3. The summed E-state index contributed by atoms with van der Waals surface area (Å²) in [5, 5.41) is 3.53. The molecule has 0 aliphatic rings. The normalized spacial score (nSPS) is 12.4. The number of nitrogens with one attached hydrogen (secondary N) is 1. The molecular formula is C18H21BrFN. The molecule has 0 radical (unpaired) electrons. The molecule has 0 aromatic heterocycles. The minimum atomic E-state index is -0.161. The molecule has 3 heteroatoms. The summed E-state index contributed by atoms with van der Waals surface area (Å²) in [4.78, 5) is 0. The van der Waals surface area contributed by atoms with Gasteiger partial charge in [0.05, 0.1) is 0 Å². The zero-order chi connectivity index (χ0) is 15.4. The molecule has 1 unspecified atom stereocenters. The molecule has 0 aliphatic carbocycles. The highest BCUT2D eigenvalue weighted by Gasteiger charge is 2.17. The molecule has 2 rings (SSSR count). The van der Waals surface area contributed by atoms with E-state index in [2.05, 4.69) is 40.3 Å². The van der Waals surface area contributed by atoms with Crippen LogP contribution in [-0.4, -0.2) is 6.54 Å². The first-order chi connectivity index (χ1) is 10.0. The molecule has 0 saturated carbocycles. The Morgan fingerprint density at radius 3 is 2.38 bits per heavy atom. The number of likely N-dealkylation sites (N-methyl/N-ethyl adjacent to an activating group) is 1. The Morgan fingerprint density at radius 2 is 1.81 bits per heavy atom. The first-order valence-corrected chi connectivity index (χ1v) is 8.05. The van der Waals surface area contributed by atoms with Gasteiger partial charge in [-0.3, -0.25) is 0 Å². The number of rotatable bonds is 5. The van der Waals surface area contributed by atoms with Crippen molar-refractivity contribution < 1.29 is 4.39 Å². The lowest BCUT2D eigenvalue weighted by molar-refractivity contribution is 0.541. The van der Waals surface area contributed by atoms with Crippen molar-refractivity contribution in [1.29, 1.82) is 0 Å². The summed E-state index contributed by atoms with van der Waals surface area (Å²) in [7, 11) is 0. The van der Waals surface area contributed by atoms with Crippen LogP contribution in [0.2, 0.25) is 0 Å². The van der Waals surface area contributed by atoms with Crippen LogP contribution in [0, 0.1) is 19.7 Å². The lowest BCUT2D eigenvalue weighted by atomic mass is 9.91. The van der Waals surface area contributed by atoms with E-state index in [-0.39, 0.29) is 11.9 Å². The molecule has 1 atom stereocenters. The summed E-state index contributed by atoms with van der Waals surface area (Å²) in [6, 6.07) is 11.8. The third-order valence-electron chi connectivity index (χ3n) is 3.69. The van der Waals surface area contributed by atoms with Crippen molar-refractivity contribution in [3.8, 4) is 0 Å². The van der Waals surface area contributed by atoms with E-state index in [0.29, 0.717) is 0 Å². The van der Waals surface area contributed by atoms with E-state index in [0.717, 1.165) is 28.6 Å². The quantitative estimate of drug-likeness (QED) is 0.791. The third kappa shape index (κ3) is 4.14. The highest BCUT2D eigenvalue weighted by Crippen LogP contribution is 2.27. The van der Waals surface area contributed by atoms with Gasteiger partial charge in [0.2, 0.25) is 0 Å². The van der Waals surface area contributed by atoms with Gasteiger partial charge in [0, 0.05) is 10.5 Å². The largest absolute Gasteiger partial charge is 0.310 e.